The van der Waals surface area contributed by atoms with Gasteiger partial charge in [0.05, 0.1) is 29.3 Å². The molecule has 3 aromatic heterocycles. The molecule has 0 saturated heterocycles. The van der Waals surface area contributed by atoms with E-state index in [2.05, 4.69) is 15.3 Å². The molecule has 0 aliphatic heterocycles. The maximum Gasteiger partial charge on any atom is 0.223 e. The van der Waals surface area contributed by atoms with Crippen molar-refractivity contribution in [3.05, 3.63) is 66.2 Å². The molecule has 0 unspecified atom stereocenters. The van der Waals surface area contributed by atoms with Gasteiger partial charge in [-0.25, -0.2) is 19.3 Å². The highest BCUT2D eigenvalue weighted by atomic mass is 19.1. The molecule has 3 heterocycles. The molecule has 0 amide bonds. The molecule has 1 aromatic carbocycles. The summed E-state index contributed by atoms with van der Waals surface area (Å²) in [6, 6.07) is 11.5. The first-order chi connectivity index (χ1) is 14.3. The minimum atomic E-state index is -0.914. The van der Waals surface area contributed by atoms with Crippen LogP contribution in [0.1, 0.15) is 19.4 Å². The van der Waals surface area contributed by atoms with E-state index in [0.29, 0.717) is 23.0 Å². The third-order valence-corrected chi connectivity index (χ3v) is 4.57. The van der Waals surface area contributed by atoms with Gasteiger partial charge in [-0.15, -0.1) is 0 Å². The molecule has 30 heavy (non-hydrogen) atoms. The van der Waals surface area contributed by atoms with Crippen molar-refractivity contribution in [2.45, 2.75) is 26.1 Å². The number of aliphatic hydroxyl groups excluding tert-OH is 1. The van der Waals surface area contributed by atoms with Crippen LogP contribution >= 0.6 is 0 Å². The highest BCUT2D eigenvalue weighted by Crippen LogP contribution is 2.32. The Morgan fingerprint density at radius 1 is 1.10 bits per heavy atom. The molecule has 0 atom stereocenters. The maximum absolute atomic E-state index is 13.5. The summed E-state index contributed by atoms with van der Waals surface area (Å²) in [7, 11) is 0. The molecule has 0 bridgehead atoms. The summed E-state index contributed by atoms with van der Waals surface area (Å²) in [5, 5.41) is 22.5. The van der Waals surface area contributed by atoms with Gasteiger partial charge in [0.2, 0.25) is 5.95 Å². The third kappa shape index (κ3) is 4.14. The largest absolute Gasteiger partial charge is 0.392 e. The summed E-state index contributed by atoms with van der Waals surface area (Å²) in [5.74, 6) is 0.0494. The van der Waals surface area contributed by atoms with Crippen molar-refractivity contribution in [2.24, 2.45) is 0 Å². The molecule has 4 rings (SSSR count). The number of rotatable bonds is 6. The summed E-state index contributed by atoms with van der Waals surface area (Å²) < 4.78 is 15.3. The van der Waals surface area contributed by atoms with Crippen molar-refractivity contribution in [3.8, 4) is 22.6 Å². The van der Waals surface area contributed by atoms with Gasteiger partial charge < -0.3 is 15.5 Å². The Morgan fingerprint density at radius 3 is 2.57 bits per heavy atom. The summed E-state index contributed by atoms with van der Waals surface area (Å²) in [5.41, 5.74) is 3.17. The number of nitrogens with one attached hydrogen (secondary N) is 1. The lowest BCUT2D eigenvalue weighted by Crippen LogP contribution is -2.29. The Labute approximate surface area is 172 Å². The molecule has 0 saturated carbocycles. The van der Waals surface area contributed by atoms with E-state index in [4.69, 9.17) is 4.98 Å². The third-order valence-electron chi connectivity index (χ3n) is 4.57. The number of hydrogen-bond acceptors (Lipinski definition) is 6. The van der Waals surface area contributed by atoms with Crippen LogP contribution in [-0.4, -0.2) is 41.7 Å². The Balaban J connectivity index is 1.86. The zero-order valence-corrected chi connectivity index (χ0v) is 16.7. The Kier molecular flexibility index (Phi) is 5.19. The van der Waals surface area contributed by atoms with Crippen LogP contribution in [-0.2, 0) is 6.61 Å². The zero-order chi connectivity index (χ0) is 21.3. The van der Waals surface area contributed by atoms with E-state index in [1.807, 2.05) is 10.6 Å². The number of nitrogens with zero attached hydrogens (tertiary/aromatic N) is 4. The number of aliphatic hydroxyl groups is 2. The van der Waals surface area contributed by atoms with Crippen LogP contribution in [0.5, 0.6) is 0 Å². The van der Waals surface area contributed by atoms with Crippen molar-refractivity contribution in [2.75, 3.05) is 11.9 Å². The standard InChI is InChI=1S/C22H22FN5O2/c1-22(2,30)13-25-21-24-9-7-17(26-21)20-19(15-3-5-16(23)6-4-15)27-18-11-14(12-29)8-10-28(18)20/h3-11,29-30H,12-13H2,1-2H3,(H,24,25,26). The minimum absolute atomic E-state index is 0.0942. The number of imidazole rings is 1. The van der Waals surface area contributed by atoms with Gasteiger partial charge in [0, 0.05) is 24.5 Å². The summed E-state index contributed by atoms with van der Waals surface area (Å²) in [4.78, 5) is 13.5. The Hall–Kier alpha value is -3.36. The van der Waals surface area contributed by atoms with E-state index in [0.717, 1.165) is 16.8 Å². The van der Waals surface area contributed by atoms with E-state index in [1.54, 1.807) is 50.4 Å². The molecule has 154 valence electrons. The molecule has 8 heteroatoms. The van der Waals surface area contributed by atoms with Crippen LogP contribution in [0.2, 0.25) is 0 Å². The topological polar surface area (TPSA) is 95.6 Å². The molecule has 0 aliphatic carbocycles. The van der Waals surface area contributed by atoms with Gasteiger partial charge in [-0.2, -0.15) is 0 Å². The van der Waals surface area contributed by atoms with Crippen molar-refractivity contribution < 1.29 is 14.6 Å². The smallest absolute Gasteiger partial charge is 0.223 e. The first kappa shape index (κ1) is 19.9. The van der Waals surface area contributed by atoms with E-state index in [9.17, 15) is 14.6 Å². The second-order valence-corrected chi connectivity index (χ2v) is 7.67. The predicted octanol–water partition coefficient (Wildman–Crippen LogP) is 3.27. The van der Waals surface area contributed by atoms with E-state index in [1.165, 1.54) is 12.1 Å². The summed E-state index contributed by atoms with van der Waals surface area (Å²) in [6.45, 7) is 3.58. The fraction of sp³-hybridized carbons (Fsp3) is 0.227. The average molecular weight is 407 g/mol. The lowest BCUT2D eigenvalue weighted by atomic mass is 10.1. The molecule has 0 fully saturated rings. The molecular formula is C22H22FN5O2. The number of pyridine rings is 1. The predicted molar refractivity (Wildman–Crippen MR) is 112 cm³/mol. The number of halogens is 1. The number of fused-ring (bicyclic) bond motifs is 1. The quantitative estimate of drug-likeness (QED) is 0.454. The van der Waals surface area contributed by atoms with Crippen LogP contribution in [0.15, 0.2) is 54.9 Å². The molecule has 0 aliphatic rings. The van der Waals surface area contributed by atoms with Crippen LogP contribution in [0, 0.1) is 5.82 Å². The van der Waals surface area contributed by atoms with Gasteiger partial charge in [-0.3, -0.25) is 4.40 Å². The molecular weight excluding hydrogens is 385 g/mol. The SMILES string of the molecule is CC(C)(O)CNc1nccc(-c2c(-c3ccc(F)cc3)nc3cc(CO)ccn23)n1. The monoisotopic (exact) mass is 407 g/mol. The number of anilines is 1. The van der Waals surface area contributed by atoms with Crippen molar-refractivity contribution >= 4 is 11.6 Å². The Bertz CT molecular complexity index is 1180. The van der Waals surface area contributed by atoms with E-state index >= 15 is 0 Å². The van der Waals surface area contributed by atoms with Crippen LogP contribution in [0.4, 0.5) is 10.3 Å². The van der Waals surface area contributed by atoms with Crippen LogP contribution in [0.3, 0.4) is 0 Å². The van der Waals surface area contributed by atoms with Crippen molar-refractivity contribution in [1.82, 2.24) is 19.4 Å². The second-order valence-electron chi connectivity index (χ2n) is 7.67. The first-order valence-electron chi connectivity index (χ1n) is 9.51. The first-order valence-corrected chi connectivity index (χ1v) is 9.51. The summed E-state index contributed by atoms with van der Waals surface area (Å²) in [6.07, 6.45) is 3.45. The van der Waals surface area contributed by atoms with Crippen LogP contribution < -0.4 is 5.32 Å². The highest BCUT2D eigenvalue weighted by molar-refractivity contribution is 5.80. The lowest BCUT2D eigenvalue weighted by Gasteiger charge is -2.17. The number of benzene rings is 1. The zero-order valence-electron chi connectivity index (χ0n) is 16.7. The molecule has 7 nitrogen and oxygen atoms in total. The van der Waals surface area contributed by atoms with Crippen molar-refractivity contribution in [3.63, 3.8) is 0 Å². The molecule has 3 N–H and O–H groups in total. The fourth-order valence-corrected chi connectivity index (χ4v) is 3.11. The van der Waals surface area contributed by atoms with Crippen LogP contribution in [0.25, 0.3) is 28.3 Å². The second kappa shape index (κ2) is 7.81. The molecule has 0 radical (unpaired) electrons. The minimum Gasteiger partial charge on any atom is -0.392 e. The normalized spacial score (nSPS) is 11.8. The number of aromatic nitrogens is 4. The maximum atomic E-state index is 13.5. The van der Waals surface area contributed by atoms with Gasteiger partial charge >= 0.3 is 0 Å². The summed E-state index contributed by atoms with van der Waals surface area (Å²) >= 11 is 0. The Morgan fingerprint density at radius 2 is 1.87 bits per heavy atom. The average Bonchev–Trinajstić information content (AvgIpc) is 3.11. The van der Waals surface area contributed by atoms with E-state index in [-0.39, 0.29) is 19.0 Å². The molecule has 0 spiro atoms. The van der Waals surface area contributed by atoms with Gasteiger partial charge in [0.25, 0.3) is 0 Å². The highest BCUT2D eigenvalue weighted by Gasteiger charge is 2.19. The van der Waals surface area contributed by atoms with Crippen molar-refractivity contribution in [1.29, 1.82) is 0 Å². The van der Waals surface area contributed by atoms with Gasteiger partial charge in [0.15, 0.2) is 0 Å². The van der Waals surface area contributed by atoms with Gasteiger partial charge in [0.1, 0.15) is 11.5 Å². The molecule has 4 aromatic rings. The lowest BCUT2D eigenvalue weighted by molar-refractivity contribution is 0.0943. The van der Waals surface area contributed by atoms with Gasteiger partial charge in [-0.05, 0) is 61.9 Å². The van der Waals surface area contributed by atoms with Gasteiger partial charge in [-0.1, -0.05) is 0 Å². The number of hydrogen-bond donors (Lipinski definition) is 3. The fourth-order valence-electron chi connectivity index (χ4n) is 3.11. The van der Waals surface area contributed by atoms with E-state index < -0.39 is 5.60 Å².